The second-order valence-electron chi connectivity index (χ2n) is 8.85. The molecule has 1 N–H and O–H groups in total. The van der Waals surface area contributed by atoms with Crippen molar-refractivity contribution < 1.29 is 14.2 Å². The number of benzene rings is 3. The maximum atomic E-state index is 6.74. The summed E-state index contributed by atoms with van der Waals surface area (Å²) in [6.07, 6.45) is 1.98. The highest BCUT2D eigenvalue weighted by Gasteiger charge is 2.26. The summed E-state index contributed by atoms with van der Waals surface area (Å²) in [6, 6.07) is 22.7. The molecular formula is C27H27N3O3. The van der Waals surface area contributed by atoms with E-state index in [1.165, 1.54) is 0 Å². The third-order valence-corrected chi connectivity index (χ3v) is 6.55. The summed E-state index contributed by atoms with van der Waals surface area (Å²) >= 11 is 0. The van der Waals surface area contributed by atoms with Gasteiger partial charge in [0.15, 0.2) is 11.5 Å². The van der Waals surface area contributed by atoms with E-state index in [9.17, 15) is 0 Å². The van der Waals surface area contributed by atoms with Gasteiger partial charge in [0.05, 0.1) is 17.1 Å². The Balaban J connectivity index is 1.37. The third-order valence-electron chi connectivity index (χ3n) is 6.55. The Morgan fingerprint density at radius 1 is 0.939 bits per heavy atom. The lowest BCUT2D eigenvalue weighted by Crippen LogP contribution is -2.35. The van der Waals surface area contributed by atoms with E-state index in [2.05, 4.69) is 53.3 Å². The first kappa shape index (κ1) is 20.3. The van der Waals surface area contributed by atoms with Crippen LogP contribution >= 0.6 is 0 Å². The summed E-state index contributed by atoms with van der Waals surface area (Å²) in [5.41, 5.74) is 5.26. The quantitative estimate of drug-likeness (QED) is 0.464. The first-order chi connectivity index (χ1) is 16.2. The van der Waals surface area contributed by atoms with Crippen molar-refractivity contribution in [2.75, 3.05) is 26.9 Å². The number of fused-ring (bicyclic) bond motifs is 2. The highest BCUT2D eigenvalue weighted by molar-refractivity contribution is 5.75. The smallest absolute Gasteiger partial charge is 0.231 e. The minimum absolute atomic E-state index is 0.202. The normalized spacial score (nSPS) is 17.5. The molecule has 6 rings (SSSR count). The number of aromatic nitrogens is 2. The van der Waals surface area contributed by atoms with Crippen molar-refractivity contribution in [2.45, 2.75) is 25.0 Å². The number of likely N-dealkylation sites (tertiary alicyclic amines) is 1. The van der Waals surface area contributed by atoms with Crippen LogP contribution in [0.4, 0.5) is 0 Å². The Labute approximate surface area is 193 Å². The molecule has 0 aliphatic carbocycles. The van der Waals surface area contributed by atoms with Gasteiger partial charge in [0.1, 0.15) is 11.9 Å². The molecule has 33 heavy (non-hydrogen) atoms. The van der Waals surface area contributed by atoms with E-state index in [4.69, 9.17) is 19.2 Å². The van der Waals surface area contributed by atoms with Gasteiger partial charge in [-0.15, -0.1) is 0 Å². The number of ether oxygens (including phenoxy) is 3. The van der Waals surface area contributed by atoms with E-state index in [-0.39, 0.29) is 19.0 Å². The number of para-hydroxylation sites is 2. The molecule has 0 spiro atoms. The molecule has 1 aromatic heterocycles. The van der Waals surface area contributed by atoms with Crippen LogP contribution in [0.15, 0.2) is 66.7 Å². The number of piperidine rings is 1. The van der Waals surface area contributed by atoms with Gasteiger partial charge in [-0.1, -0.05) is 36.4 Å². The largest absolute Gasteiger partial charge is 0.454 e. The molecular weight excluding hydrogens is 414 g/mol. The predicted molar refractivity (Wildman–Crippen MR) is 128 cm³/mol. The van der Waals surface area contributed by atoms with Gasteiger partial charge in [-0.05, 0) is 66.9 Å². The van der Waals surface area contributed by atoms with Crippen molar-refractivity contribution in [3.05, 3.63) is 78.1 Å². The van der Waals surface area contributed by atoms with Crippen LogP contribution in [-0.2, 0) is 4.74 Å². The maximum absolute atomic E-state index is 6.74. The van der Waals surface area contributed by atoms with Gasteiger partial charge in [-0.25, -0.2) is 4.98 Å². The molecule has 0 amide bonds. The van der Waals surface area contributed by atoms with E-state index in [1.807, 2.05) is 30.3 Å². The number of imidazole rings is 1. The minimum Gasteiger partial charge on any atom is -0.454 e. The zero-order valence-electron chi connectivity index (χ0n) is 18.7. The molecule has 4 aromatic rings. The van der Waals surface area contributed by atoms with E-state index in [0.717, 1.165) is 71.0 Å². The molecule has 1 fully saturated rings. The highest BCUT2D eigenvalue weighted by Crippen LogP contribution is 2.37. The predicted octanol–water partition coefficient (Wildman–Crippen LogP) is 5.16. The topological polar surface area (TPSA) is 59.6 Å². The number of H-pyrrole nitrogens is 1. The van der Waals surface area contributed by atoms with Crippen molar-refractivity contribution in [3.8, 4) is 22.6 Å². The van der Waals surface area contributed by atoms with Crippen LogP contribution in [0.3, 0.4) is 0 Å². The summed E-state index contributed by atoms with van der Waals surface area (Å²) in [4.78, 5) is 10.8. The van der Waals surface area contributed by atoms with Crippen molar-refractivity contribution >= 4 is 11.0 Å². The van der Waals surface area contributed by atoms with Crippen LogP contribution in [0.2, 0.25) is 0 Å². The van der Waals surface area contributed by atoms with Crippen LogP contribution < -0.4 is 9.47 Å². The second kappa shape index (κ2) is 8.54. The SMILES string of the molecule is CN1CCC(OC(c2cccc(-c3ccc4c(c3)OCO4)c2)c2nc3ccccc3[nH]2)CC1. The van der Waals surface area contributed by atoms with Gasteiger partial charge in [-0.2, -0.15) is 0 Å². The Morgan fingerprint density at radius 3 is 2.64 bits per heavy atom. The zero-order valence-corrected chi connectivity index (χ0v) is 18.7. The van der Waals surface area contributed by atoms with Gasteiger partial charge >= 0.3 is 0 Å². The first-order valence-electron chi connectivity index (χ1n) is 11.5. The summed E-state index contributed by atoms with van der Waals surface area (Å²) in [7, 11) is 2.17. The molecule has 3 aromatic carbocycles. The fourth-order valence-corrected chi connectivity index (χ4v) is 4.67. The molecule has 0 bridgehead atoms. The lowest BCUT2D eigenvalue weighted by molar-refractivity contribution is -0.0264. The van der Waals surface area contributed by atoms with Gasteiger partial charge in [0.2, 0.25) is 6.79 Å². The third kappa shape index (κ3) is 4.08. The number of nitrogens with zero attached hydrogens (tertiary/aromatic N) is 2. The van der Waals surface area contributed by atoms with Crippen molar-refractivity contribution in [1.29, 1.82) is 0 Å². The molecule has 1 unspecified atom stereocenters. The molecule has 1 saturated heterocycles. The average Bonchev–Trinajstić information content (AvgIpc) is 3.50. The minimum atomic E-state index is -0.264. The number of nitrogens with one attached hydrogen (secondary N) is 1. The molecule has 6 nitrogen and oxygen atoms in total. The number of hydrogen-bond donors (Lipinski definition) is 1. The first-order valence-corrected chi connectivity index (χ1v) is 11.5. The van der Waals surface area contributed by atoms with E-state index in [0.29, 0.717) is 0 Å². The summed E-state index contributed by atoms with van der Waals surface area (Å²) in [5.74, 6) is 2.42. The standard InChI is InChI=1S/C27H27N3O3/c1-30-13-11-21(12-14-30)33-26(27-28-22-7-2-3-8-23(22)29-27)20-6-4-5-18(15-20)19-9-10-24-25(16-19)32-17-31-24/h2-10,15-16,21,26H,11-14,17H2,1H3,(H,28,29). The Morgan fingerprint density at radius 2 is 1.76 bits per heavy atom. The van der Waals surface area contributed by atoms with Gasteiger partial charge < -0.3 is 24.1 Å². The molecule has 1 atom stereocenters. The summed E-state index contributed by atoms with van der Waals surface area (Å²) in [5, 5.41) is 0. The lowest BCUT2D eigenvalue weighted by atomic mass is 9.99. The highest BCUT2D eigenvalue weighted by atomic mass is 16.7. The fourth-order valence-electron chi connectivity index (χ4n) is 4.67. The lowest BCUT2D eigenvalue weighted by Gasteiger charge is -2.31. The van der Waals surface area contributed by atoms with E-state index < -0.39 is 0 Å². The second-order valence-corrected chi connectivity index (χ2v) is 8.85. The molecule has 168 valence electrons. The summed E-state index contributed by atoms with van der Waals surface area (Å²) in [6.45, 7) is 2.38. The van der Waals surface area contributed by atoms with Crippen LogP contribution in [0.5, 0.6) is 11.5 Å². The maximum Gasteiger partial charge on any atom is 0.231 e. The summed E-state index contributed by atoms with van der Waals surface area (Å²) < 4.78 is 17.8. The van der Waals surface area contributed by atoms with Crippen molar-refractivity contribution in [3.63, 3.8) is 0 Å². The van der Waals surface area contributed by atoms with Gasteiger partial charge in [0, 0.05) is 13.1 Å². The monoisotopic (exact) mass is 441 g/mol. The number of hydrogen-bond acceptors (Lipinski definition) is 5. The number of rotatable bonds is 5. The average molecular weight is 442 g/mol. The Kier molecular flexibility index (Phi) is 5.24. The van der Waals surface area contributed by atoms with Crippen LogP contribution in [0, 0.1) is 0 Å². The van der Waals surface area contributed by atoms with Crippen LogP contribution in [0.1, 0.15) is 30.3 Å². The molecule has 0 saturated carbocycles. The number of aromatic amines is 1. The van der Waals surface area contributed by atoms with E-state index >= 15 is 0 Å². The molecule has 3 heterocycles. The Hall–Kier alpha value is -3.35. The fraction of sp³-hybridized carbons (Fsp3) is 0.296. The molecule has 2 aliphatic rings. The Bertz CT molecular complexity index is 1240. The van der Waals surface area contributed by atoms with E-state index in [1.54, 1.807) is 0 Å². The zero-order chi connectivity index (χ0) is 22.2. The van der Waals surface area contributed by atoms with Crippen molar-refractivity contribution in [2.24, 2.45) is 0 Å². The van der Waals surface area contributed by atoms with Gasteiger partial charge in [-0.3, -0.25) is 0 Å². The molecule has 0 radical (unpaired) electrons. The van der Waals surface area contributed by atoms with Gasteiger partial charge in [0.25, 0.3) is 0 Å². The molecule has 2 aliphatic heterocycles. The van der Waals surface area contributed by atoms with Crippen LogP contribution in [0.25, 0.3) is 22.2 Å². The van der Waals surface area contributed by atoms with Crippen LogP contribution in [-0.4, -0.2) is 47.9 Å². The van der Waals surface area contributed by atoms with Crippen molar-refractivity contribution in [1.82, 2.24) is 14.9 Å². The molecule has 6 heteroatoms.